The summed E-state index contributed by atoms with van der Waals surface area (Å²) in [5.41, 5.74) is 3.24. The summed E-state index contributed by atoms with van der Waals surface area (Å²) in [4.78, 5) is 28.5. The summed E-state index contributed by atoms with van der Waals surface area (Å²) in [6.07, 6.45) is 3.95. The maximum atomic E-state index is 12.2. The molecule has 0 bridgehead atoms. The van der Waals surface area contributed by atoms with Crippen LogP contribution in [-0.2, 0) is 11.2 Å². The van der Waals surface area contributed by atoms with E-state index in [4.69, 9.17) is 4.74 Å². The molecule has 6 nitrogen and oxygen atoms in total. The number of carbonyl (C=O) groups excluding carboxylic acids is 2. The van der Waals surface area contributed by atoms with Crippen LogP contribution >= 0.6 is 0 Å². The van der Waals surface area contributed by atoms with Crippen LogP contribution in [0.3, 0.4) is 0 Å². The minimum atomic E-state index is -0.587. The highest BCUT2D eigenvalue weighted by Gasteiger charge is 2.16. The molecule has 0 radical (unpaired) electrons. The number of esters is 1. The van der Waals surface area contributed by atoms with E-state index in [1.807, 2.05) is 19.1 Å². The third-order valence-electron chi connectivity index (χ3n) is 3.89. The SMILES string of the molecule is CCc1ccc(C(=O)COC(=O)c2cnc3ccnn3c2C)cc1. The van der Waals surface area contributed by atoms with Gasteiger partial charge in [0.1, 0.15) is 0 Å². The van der Waals surface area contributed by atoms with Gasteiger partial charge in [-0.05, 0) is 18.9 Å². The van der Waals surface area contributed by atoms with Gasteiger partial charge in [0.25, 0.3) is 0 Å². The number of carbonyl (C=O) groups is 2. The van der Waals surface area contributed by atoms with Crippen molar-refractivity contribution in [3.63, 3.8) is 0 Å². The summed E-state index contributed by atoms with van der Waals surface area (Å²) < 4.78 is 6.70. The summed E-state index contributed by atoms with van der Waals surface area (Å²) >= 11 is 0. The molecule has 2 heterocycles. The quantitative estimate of drug-likeness (QED) is 0.533. The maximum Gasteiger partial charge on any atom is 0.342 e. The van der Waals surface area contributed by atoms with E-state index in [1.54, 1.807) is 35.8 Å². The second-order valence-electron chi connectivity index (χ2n) is 5.41. The Labute approximate surface area is 139 Å². The van der Waals surface area contributed by atoms with Crippen LogP contribution in [-0.4, -0.2) is 33.0 Å². The number of hydrogen-bond donors (Lipinski definition) is 0. The number of benzene rings is 1. The molecule has 0 N–H and O–H groups in total. The molecule has 122 valence electrons. The first kappa shape index (κ1) is 15.9. The van der Waals surface area contributed by atoms with E-state index in [-0.39, 0.29) is 12.4 Å². The predicted molar refractivity (Wildman–Crippen MR) is 88.2 cm³/mol. The zero-order valence-corrected chi connectivity index (χ0v) is 13.5. The number of nitrogens with zero attached hydrogens (tertiary/aromatic N) is 3. The molecule has 0 saturated carbocycles. The first-order valence-electron chi connectivity index (χ1n) is 7.68. The van der Waals surface area contributed by atoms with Crippen molar-refractivity contribution in [2.75, 3.05) is 6.61 Å². The third kappa shape index (κ3) is 3.03. The second kappa shape index (κ2) is 6.62. The van der Waals surface area contributed by atoms with Crippen molar-refractivity contribution >= 4 is 17.4 Å². The molecule has 0 saturated heterocycles. The summed E-state index contributed by atoms with van der Waals surface area (Å²) in [5, 5.41) is 4.10. The number of ketones is 1. The van der Waals surface area contributed by atoms with E-state index < -0.39 is 5.97 Å². The molecule has 2 aromatic heterocycles. The molecule has 1 aromatic carbocycles. The third-order valence-corrected chi connectivity index (χ3v) is 3.89. The molecule has 24 heavy (non-hydrogen) atoms. The van der Waals surface area contributed by atoms with Crippen molar-refractivity contribution in [2.45, 2.75) is 20.3 Å². The number of aryl methyl sites for hydroxylation is 2. The predicted octanol–water partition coefficient (Wildman–Crippen LogP) is 2.64. The summed E-state index contributed by atoms with van der Waals surface area (Å²) in [6.45, 7) is 3.50. The number of fused-ring (bicyclic) bond motifs is 1. The Hall–Kier alpha value is -3.02. The fourth-order valence-corrected chi connectivity index (χ4v) is 2.41. The van der Waals surface area contributed by atoms with Gasteiger partial charge < -0.3 is 4.74 Å². The molecule has 0 aliphatic carbocycles. The van der Waals surface area contributed by atoms with Crippen molar-refractivity contribution < 1.29 is 14.3 Å². The first-order valence-corrected chi connectivity index (χ1v) is 7.68. The van der Waals surface area contributed by atoms with Crippen molar-refractivity contribution in [1.82, 2.24) is 14.6 Å². The molecule has 0 unspecified atom stereocenters. The fourth-order valence-electron chi connectivity index (χ4n) is 2.41. The van der Waals surface area contributed by atoms with Crippen LogP contribution in [0.2, 0.25) is 0 Å². The molecule has 3 rings (SSSR count). The van der Waals surface area contributed by atoms with Crippen LogP contribution in [0.4, 0.5) is 0 Å². The number of ether oxygens (including phenoxy) is 1. The lowest BCUT2D eigenvalue weighted by atomic mass is 10.1. The zero-order valence-electron chi connectivity index (χ0n) is 13.5. The van der Waals surface area contributed by atoms with Crippen LogP contribution < -0.4 is 0 Å². The molecule has 0 aliphatic rings. The van der Waals surface area contributed by atoms with Gasteiger partial charge in [0, 0.05) is 17.8 Å². The fraction of sp³-hybridized carbons (Fsp3) is 0.222. The maximum absolute atomic E-state index is 12.2. The molecular weight excluding hydrogens is 306 g/mol. The summed E-state index contributed by atoms with van der Waals surface area (Å²) in [6, 6.07) is 9.03. The molecule has 6 heteroatoms. The van der Waals surface area contributed by atoms with Gasteiger partial charge in [-0.1, -0.05) is 31.2 Å². The smallest absolute Gasteiger partial charge is 0.342 e. The largest absolute Gasteiger partial charge is 0.454 e. The van der Waals surface area contributed by atoms with Crippen molar-refractivity contribution in [3.8, 4) is 0 Å². The van der Waals surface area contributed by atoms with Crippen molar-refractivity contribution in [3.05, 3.63) is 65.1 Å². The van der Waals surface area contributed by atoms with E-state index in [0.29, 0.717) is 22.5 Å². The Morgan fingerprint density at radius 1 is 1.17 bits per heavy atom. The number of hydrogen-bond acceptors (Lipinski definition) is 5. The Bertz CT molecular complexity index is 898. The average molecular weight is 323 g/mol. The topological polar surface area (TPSA) is 73.6 Å². The number of rotatable bonds is 5. The van der Waals surface area contributed by atoms with Crippen LogP contribution in [0.15, 0.2) is 42.7 Å². The Balaban J connectivity index is 1.69. The van der Waals surface area contributed by atoms with Gasteiger partial charge in [-0.15, -0.1) is 0 Å². The van der Waals surface area contributed by atoms with E-state index >= 15 is 0 Å². The zero-order chi connectivity index (χ0) is 17.1. The second-order valence-corrected chi connectivity index (χ2v) is 5.41. The first-order chi connectivity index (χ1) is 11.6. The van der Waals surface area contributed by atoms with Crippen molar-refractivity contribution in [1.29, 1.82) is 0 Å². The van der Waals surface area contributed by atoms with Gasteiger partial charge in [0.05, 0.1) is 17.5 Å². The molecule has 0 aliphatic heterocycles. The highest BCUT2D eigenvalue weighted by Crippen LogP contribution is 2.11. The number of aromatic nitrogens is 3. The molecule has 0 spiro atoms. The minimum absolute atomic E-state index is 0.239. The van der Waals surface area contributed by atoms with Gasteiger partial charge in [-0.3, -0.25) is 4.79 Å². The van der Waals surface area contributed by atoms with E-state index in [0.717, 1.165) is 12.0 Å². The van der Waals surface area contributed by atoms with Gasteiger partial charge in [0.2, 0.25) is 0 Å². The van der Waals surface area contributed by atoms with Gasteiger partial charge in [0.15, 0.2) is 18.0 Å². The Kier molecular flexibility index (Phi) is 4.37. The van der Waals surface area contributed by atoms with E-state index in [9.17, 15) is 9.59 Å². The minimum Gasteiger partial charge on any atom is -0.454 e. The lowest BCUT2D eigenvalue weighted by molar-refractivity contribution is 0.0473. The molecule has 3 aromatic rings. The highest BCUT2D eigenvalue weighted by atomic mass is 16.5. The highest BCUT2D eigenvalue weighted by molar-refractivity contribution is 5.99. The molecule has 0 fully saturated rings. The van der Waals surface area contributed by atoms with Gasteiger partial charge in [-0.25, -0.2) is 14.3 Å². The van der Waals surface area contributed by atoms with E-state index in [1.165, 1.54) is 6.20 Å². The normalized spacial score (nSPS) is 10.8. The van der Waals surface area contributed by atoms with Crippen molar-refractivity contribution in [2.24, 2.45) is 0 Å². The van der Waals surface area contributed by atoms with Crippen LogP contribution in [0.25, 0.3) is 5.65 Å². The molecule has 0 amide bonds. The average Bonchev–Trinajstić information content (AvgIpc) is 3.09. The standard InChI is InChI=1S/C18H17N3O3/c1-3-13-4-6-14(7-5-13)16(22)11-24-18(23)15-10-19-17-8-9-20-21(17)12(15)2/h4-10H,3,11H2,1-2H3. The van der Waals surface area contributed by atoms with Gasteiger partial charge in [-0.2, -0.15) is 5.10 Å². The molecular formula is C18H17N3O3. The lowest BCUT2D eigenvalue weighted by Crippen LogP contribution is -2.16. The van der Waals surface area contributed by atoms with E-state index in [2.05, 4.69) is 10.1 Å². The summed E-state index contributed by atoms with van der Waals surface area (Å²) in [5.74, 6) is -0.826. The van der Waals surface area contributed by atoms with Gasteiger partial charge >= 0.3 is 5.97 Å². The van der Waals surface area contributed by atoms with Crippen LogP contribution in [0.1, 0.15) is 38.9 Å². The Morgan fingerprint density at radius 2 is 1.92 bits per heavy atom. The summed E-state index contributed by atoms with van der Waals surface area (Å²) in [7, 11) is 0. The van der Waals surface area contributed by atoms with Crippen LogP contribution in [0, 0.1) is 6.92 Å². The lowest BCUT2D eigenvalue weighted by Gasteiger charge is -2.08. The number of Topliss-reactive ketones (excluding diaryl/α,β-unsaturated/α-hetero) is 1. The molecule has 0 atom stereocenters. The van der Waals surface area contributed by atoms with Crippen LogP contribution in [0.5, 0.6) is 0 Å². The Morgan fingerprint density at radius 3 is 2.62 bits per heavy atom. The monoisotopic (exact) mass is 323 g/mol.